The molecule has 2 aromatic heterocycles. The summed E-state index contributed by atoms with van der Waals surface area (Å²) >= 11 is 0. The standard InChI is InChI=1S/C12H15N5O2S/c13-11-5-6-14-12(16-11)9-7-15-17(8-9)20(18,19)10-3-1-2-4-10/h5-8,10H,1-4H2,(H2,13,14,16). The Kier molecular flexibility index (Phi) is 3.17. The lowest BCUT2D eigenvalue weighted by Crippen LogP contribution is -2.25. The van der Waals surface area contributed by atoms with Crippen LogP contribution in [0.1, 0.15) is 25.7 Å². The Balaban J connectivity index is 1.94. The minimum absolute atomic E-state index is 0.335. The molecule has 7 nitrogen and oxygen atoms in total. The van der Waals surface area contributed by atoms with E-state index in [4.69, 9.17) is 5.73 Å². The van der Waals surface area contributed by atoms with Crippen molar-refractivity contribution >= 4 is 15.8 Å². The average Bonchev–Trinajstić information content (AvgIpc) is 3.11. The Labute approximate surface area is 116 Å². The lowest BCUT2D eigenvalue weighted by atomic mass is 10.3. The first kappa shape index (κ1) is 13.0. The number of nitrogens with zero attached hydrogens (tertiary/aromatic N) is 4. The molecule has 0 amide bonds. The molecule has 0 aromatic carbocycles. The molecule has 0 unspecified atom stereocenters. The fraction of sp³-hybridized carbons (Fsp3) is 0.417. The van der Waals surface area contributed by atoms with Gasteiger partial charge in [-0.3, -0.25) is 0 Å². The highest BCUT2D eigenvalue weighted by Gasteiger charge is 2.31. The smallest absolute Gasteiger partial charge is 0.256 e. The summed E-state index contributed by atoms with van der Waals surface area (Å²) in [5, 5.41) is 3.61. The van der Waals surface area contributed by atoms with Crippen LogP contribution >= 0.6 is 0 Å². The van der Waals surface area contributed by atoms with E-state index in [2.05, 4.69) is 15.1 Å². The van der Waals surface area contributed by atoms with E-state index in [1.807, 2.05) is 0 Å². The monoisotopic (exact) mass is 293 g/mol. The maximum Gasteiger partial charge on any atom is 0.256 e. The maximum absolute atomic E-state index is 12.4. The third-order valence-corrected chi connectivity index (χ3v) is 5.51. The average molecular weight is 293 g/mol. The van der Waals surface area contributed by atoms with Crippen molar-refractivity contribution < 1.29 is 8.42 Å². The number of aromatic nitrogens is 4. The van der Waals surface area contributed by atoms with Gasteiger partial charge < -0.3 is 5.73 Å². The number of rotatable bonds is 3. The Hall–Kier alpha value is -1.96. The van der Waals surface area contributed by atoms with Gasteiger partial charge in [0.05, 0.1) is 23.2 Å². The lowest BCUT2D eigenvalue weighted by molar-refractivity contribution is 0.563. The summed E-state index contributed by atoms with van der Waals surface area (Å²) in [6, 6.07) is 1.57. The minimum Gasteiger partial charge on any atom is -0.384 e. The van der Waals surface area contributed by atoms with Crippen molar-refractivity contribution in [1.29, 1.82) is 0 Å². The van der Waals surface area contributed by atoms with E-state index < -0.39 is 10.0 Å². The van der Waals surface area contributed by atoms with E-state index in [0.717, 1.165) is 16.9 Å². The molecule has 2 heterocycles. The number of hydrogen-bond acceptors (Lipinski definition) is 6. The van der Waals surface area contributed by atoms with Crippen molar-refractivity contribution in [3.63, 3.8) is 0 Å². The van der Waals surface area contributed by atoms with E-state index in [1.54, 1.807) is 6.07 Å². The molecule has 1 fully saturated rings. The van der Waals surface area contributed by atoms with Crippen molar-refractivity contribution in [3.8, 4) is 11.4 Å². The molecule has 0 saturated heterocycles. The topological polar surface area (TPSA) is 104 Å². The van der Waals surface area contributed by atoms with Crippen LogP contribution in [0.2, 0.25) is 0 Å². The second kappa shape index (κ2) is 4.86. The van der Waals surface area contributed by atoms with Gasteiger partial charge in [-0.1, -0.05) is 12.8 Å². The Morgan fingerprint density at radius 1 is 1.30 bits per heavy atom. The SMILES string of the molecule is Nc1ccnc(-c2cnn(S(=O)(=O)C3CCCC3)c2)n1. The lowest BCUT2D eigenvalue weighted by Gasteiger charge is -2.10. The highest BCUT2D eigenvalue weighted by atomic mass is 32.2. The van der Waals surface area contributed by atoms with Crippen molar-refractivity contribution in [3.05, 3.63) is 24.7 Å². The first-order valence-corrected chi connectivity index (χ1v) is 7.95. The molecular weight excluding hydrogens is 278 g/mol. The molecule has 106 valence electrons. The van der Waals surface area contributed by atoms with E-state index in [9.17, 15) is 8.42 Å². The first-order chi connectivity index (χ1) is 9.57. The predicted molar refractivity (Wildman–Crippen MR) is 74.2 cm³/mol. The summed E-state index contributed by atoms with van der Waals surface area (Å²) < 4.78 is 25.8. The molecule has 3 rings (SSSR count). The van der Waals surface area contributed by atoms with Gasteiger partial charge in [-0.05, 0) is 18.9 Å². The zero-order chi connectivity index (χ0) is 14.2. The van der Waals surface area contributed by atoms with Crippen LogP contribution in [0.4, 0.5) is 5.82 Å². The number of hydrogen-bond donors (Lipinski definition) is 1. The normalized spacial score (nSPS) is 16.6. The summed E-state index contributed by atoms with van der Waals surface area (Å²) in [5.74, 6) is 0.708. The molecule has 0 bridgehead atoms. The third kappa shape index (κ3) is 2.26. The van der Waals surface area contributed by atoms with Gasteiger partial charge in [0, 0.05) is 6.20 Å². The maximum atomic E-state index is 12.4. The Morgan fingerprint density at radius 2 is 2.05 bits per heavy atom. The molecule has 0 atom stereocenters. The third-order valence-electron chi connectivity index (χ3n) is 3.48. The number of nitrogen functional groups attached to an aromatic ring is 1. The summed E-state index contributed by atoms with van der Waals surface area (Å²) in [4.78, 5) is 8.12. The van der Waals surface area contributed by atoms with Crippen LogP contribution in [0.25, 0.3) is 11.4 Å². The van der Waals surface area contributed by atoms with Gasteiger partial charge in [-0.25, -0.2) is 18.4 Å². The Morgan fingerprint density at radius 3 is 2.75 bits per heavy atom. The van der Waals surface area contributed by atoms with Gasteiger partial charge in [0.15, 0.2) is 5.82 Å². The molecule has 1 aliphatic carbocycles. The molecular formula is C12H15N5O2S. The van der Waals surface area contributed by atoms with Crippen molar-refractivity contribution in [1.82, 2.24) is 19.2 Å². The summed E-state index contributed by atoms with van der Waals surface area (Å²) in [6.45, 7) is 0. The molecule has 0 aliphatic heterocycles. The van der Waals surface area contributed by atoms with Crippen LogP contribution < -0.4 is 5.73 Å². The van der Waals surface area contributed by atoms with E-state index in [0.29, 0.717) is 30.0 Å². The van der Waals surface area contributed by atoms with Gasteiger partial charge in [-0.2, -0.15) is 9.19 Å². The van der Waals surface area contributed by atoms with Gasteiger partial charge in [0.1, 0.15) is 5.82 Å². The van der Waals surface area contributed by atoms with Crippen molar-refractivity contribution in [2.24, 2.45) is 0 Å². The molecule has 0 spiro atoms. The van der Waals surface area contributed by atoms with Crippen LogP contribution in [-0.4, -0.2) is 32.8 Å². The van der Waals surface area contributed by atoms with Gasteiger partial charge >= 0.3 is 0 Å². The van der Waals surface area contributed by atoms with Gasteiger partial charge in [0.2, 0.25) is 0 Å². The summed E-state index contributed by atoms with van der Waals surface area (Å²) in [6.07, 6.45) is 7.73. The second-order valence-electron chi connectivity index (χ2n) is 4.86. The second-order valence-corrected chi connectivity index (χ2v) is 6.93. The zero-order valence-corrected chi connectivity index (χ0v) is 11.6. The molecule has 2 N–H and O–H groups in total. The van der Waals surface area contributed by atoms with Crippen LogP contribution in [0.5, 0.6) is 0 Å². The summed E-state index contributed by atoms with van der Waals surface area (Å²) in [7, 11) is -3.42. The van der Waals surface area contributed by atoms with Gasteiger partial charge in [-0.15, -0.1) is 0 Å². The molecule has 2 aromatic rings. The van der Waals surface area contributed by atoms with Crippen molar-refractivity contribution in [2.45, 2.75) is 30.9 Å². The van der Waals surface area contributed by atoms with Gasteiger partial charge in [0.25, 0.3) is 10.0 Å². The van der Waals surface area contributed by atoms with Crippen LogP contribution in [0.3, 0.4) is 0 Å². The fourth-order valence-corrected chi connectivity index (χ4v) is 4.08. The summed E-state index contributed by atoms with van der Waals surface area (Å²) in [5.41, 5.74) is 6.13. The first-order valence-electron chi connectivity index (χ1n) is 6.45. The van der Waals surface area contributed by atoms with E-state index in [1.165, 1.54) is 18.6 Å². The van der Waals surface area contributed by atoms with Crippen molar-refractivity contribution in [2.75, 3.05) is 5.73 Å². The number of nitrogens with two attached hydrogens (primary N) is 1. The molecule has 0 radical (unpaired) electrons. The van der Waals surface area contributed by atoms with E-state index >= 15 is 0 Å². The van der Waals surface area contributed by atoms with E-state index in [-0.39, 0.29) is 5.25 Å². The quantitative estimate of drug-likeness (QED) is 0.906. The highest BCUT2D eigenvalue weighted by molar-refractivity contribution is 7.90. The molecule has 1 saturated carbocycles. The largest absolute Gasteiger partial charge is 0.384 e. The van der Waals surface area contributed by atoms with Crippen LogP contribution in [-0.2, 0) is 10.0 Å². The number of anilines is 1. The molecule has 1 aliphatic rings. The Bertz CT molecular complexity index is 719. The minimum atomic E-state index is -3.42. The van der Waals surface area contributed by atoms with Crippen LogP contribution in [0, 0.1) is 0 Å². The van der Waals surface area contributed by atoms with Crippen LogP contribution in [0.15, 0.2) is 24.7 Å². The highest BCUT2D eigenvalue weighted by Crippen LogP contribution is 2.26. The molecule has 20 heavy (non-hydrogen) atoms. The fourth-order valence-electron chi connectivity index (χ4n) is 2.41. The predicted octanol–water partition coefficient (Wildman–Crippen LogP) is 1.04. The molecule has 8 heteroatoms. The zero-order valence-electron chi connectivity index (χ0n) is 10.8.